The van der Waals surface area contributed by atoms with Gasteiger partial charge >= 0.3 is 6.18 Å². The van der Waals surface area contributed by atoms with Crippen LogP contribution in [0.1, 0.15) is 44.6 Å². The molecule has 32 heavy (non-hydrogen) atoms. The molecule has 0 bridgehead atoms. The molecule has 2 fully saturated rings. The minimum atomic E-state index is -4.55. The first-order valence-corrected chi connectivity index (χ1v) is 11.3. The van der Waals surface area contributed by atoms with Crippen molar-refractivity contribution in [2.24, 2.45) is 5.92 Å². The van der Waals surface area contributed by atoms with Crippen LogP contribution in [-0.4, -0.2) is 61.5 Å². The maximum atomic E-state index is 13.7. The molecule has 0 N–H and O–H groups in total. The third-order valence-electron chi connectivity index (χ3n) is 6.41. The van der Waals surface area contributed by atoms with E-state index in [4.69, 9.17) is 0 Å². The van der Waals surface area contributed by atoms with Gasteiger partial charge < -0.3 is 9.80 Å². The summed E-state index contributed by atoms with van der Waals surface area (Å²) in [5.74, 6) is 5.66. The summed E-state index contributed by atoms with van der Waals surface area (Å²) in [5, 5.41) is 0. The number of nitrogens with zero attached hydrogens (tertiary/aromatic N) is 3. The molecule has 8 heteroatoms. The summed E-state index contributed by atoms with van der Waals surface area (Å²) < 4.78 is 52.6. The van der Waals surface area contributed by atoms with Crippen molar-refractivity contribution in [3.8, 4) is 11.8 Å². The van der Waals surface area contributed by atoms with E-state index in [9.17, 15) is 22.4 Å². The van der Waals surface area contributed by atoms with E-state index in [0.717, 1.165) is 58.1 Å². The molecular formula is C24H31F4N3O. The Bertz CT molecular complexity index is 830. The highest BCUT2D eigenvalue weighted by Gasteiger charge is 2.32. The molecule has 1 aromatic carbocycles. The largest absolute Gasteiger partial charge is 0.416 e. The highest BCUT2D eigenvalue weighted by atomic mass is 19.4. The smallest absolute Gasteiger partial charge is 0.369 e. The molecule has 4 nitrogen and oxygen atoms in total. The van der Waals surface area contributed by atoms with E-state index in [-0.39, 0.29) is 5.91 Å². The average molecular weight is 454 g/mol. The van der Waals surface area contributed by atoms with Gasteiger partial charge in [-0.25, -0.2) is 4.39 Å². The monoisotopic (exact) mass is 453 g/mol. The number of benzene rings is 1. The van der Waals surface area contributed by atoms with Gasteiger partial charge in [0.15, 0.2) is 0 Å². The van der Waals surface area contributed by atoms with Gasteiger partial charge in [0.25, 0.3) is 0 Å². The molecule has 1 amide bonds. The maximum absolute atomic E-state index is 13.7. The molecule has 176 valence electrons. The van der Waals surface area contributed by atoms with E-state index in [1.807, 2.05) is 9.80 Å². The number of carbonyl (C=O) groups is 1. The highest BCUT2D eigenvalue weighted by Crippen LogP contribution is 2.33. The number of anilines is 1. The van der Waals surface area contributed by atoms with Crippen LogP contribution in [0.2, 0.25) is 0 Å². The van der Waals surface area contributed by atoms with Gasteiger partial charge in [0.05, 0.1) is 5.56 Å². The predicted octanol–water partition coefficient (Wildman–Crippen LogP) is 4.40. The fourth-order valence-corrected chi connectivity index (χ4v) is 4.44. The normalized spacial score (nSPS) is 18.4. The molecular weight excluding hydrogens is 422 g/mol. The average Bonchev–Trinajstić information content (AvgIpc) is 2.77. The van der Waals surface area contributed by atoms with Gasteiger partial charge in [0.1, 0.15) is 5.82 Å². The zero-order valence-corrected chi connectivity index (χ0v) is 18.6. The second kappa shape index (κ2) is 11.0. The van der Waals surface area contributed by atoms with E-state index in [1.54, 1.807) is 6.92 Å². The van der Waals surface area contributed by atoms with Crippen LogP contribution in [0.3, 0.4) is 0 Å². The van der Waals surface area contributed by atoms with Crippen LogP contribution in [0.5, 0.6) is 0 Å². The summed E-state index contributed by atoms with van der Waals surface area (Å²) in [5.41, 5.74) is -0.656. The number of piperazine rings is 1. The Morgan fingerprint density at radius 2 is 1.75 bits per heavy atom. The number of carbonyl (C=O) groups excluding carboxylic acids is 1. The molecule has 0 unspecified atom stereocenters. The summed E-state index contributed by atoms with van der Waals surface area (Å²) in [6.45, 7) is 6.97. The number of alkyl halides is 3. The molecule has 0 aliphatic carbocycles. The van der Waals surface area contributed by atoms with E-state index < -0.39 is 17.6 Å². The Kier molecular flexibility index (Phi) is 8.41. The molecule has 2 heterocycles. The van der Waals surface area contributed by atoms with E-state index in [2.05, 4.69) is 16.7 Å². The van der Waals surface area contributed by atoms with Crippen LogP contribution in [0.25, 0.3) is 0 Å². The van der Waals surface area contributed by atoms with Crippen molar-refractivity contribution >= 4 is 11.6 Å². The standard InChI is InChI=1S/C24H31F4N3O/c1-2-3-4-5-23(32)31-10-7-19(8-11-31)6-9-29-12-14-30(15-13-29)22-17-20(24(26,27)28)16-21(25)18-22/h16-19H,4-15H2,1H3. The van der Waals surface area contributed by atoms with E-state index in [0.29, 0.717) is 43.6 Å². The number of piperidine rings is 1. The van der Waals surface area contributed by atoms with Crippen LogP contribution < -0.4 is 4.90 Å². The van der Waals surface area contributed by atoms with Crippen molar-refractivity contribution in [3.63, 3.8) is 0 Å². The van der Waals surface area contributed by atoms with Crippen LogP contribution in [0.4, 0.5) is 23.2 Å². The molecule has 2 saturated heterocycles. The maximum Gasteiger partial charge on any atom is 0.416 e. The number of rotatable bonds is 6. The highest BCUT2D eigenvalue weighted by molar-refractivity contribution is 5.76. The van der Waals surface area contributed by atoms with Gasteiger partial charge in [-0.1, -0.05) is 0 Å². The van der Waals surface area contributed by atoms with Gasteiger partial charge in [-0.05, 0) is 56.8 Å². The van der Waals surface area contributed by atoms with E-state index >= 15 is 0 Å². The number of hydrogen-bond donors (Lipinski definition) is 0. The number of halogens is 4. The molecule has 0 atom stereocenters. The van der Waals surface area contributed by atoms with Crippen LogP contribution >= 0.6 is 0 Å². The first-order chi connectivity index (χ1) is 15.3. The summed E-state index contributed by atoms with van der Waals surface area (Å²) in [6.07, 6.45) is -0.368. The minimum Gasteiger partial charge on any atom is -0.369 e. The van der Waals surface area contributed by atoms with Gasteiger partial charge in [-0.15, -0.1) is 11.8 Å². The fraction of sp³-hybridized carbons (Fsp3) is 0.625. The molecule has 0 spiro atoms. The third kappa shape index (κ3) is 6.86. The lowest BCUT2D eigenvalue weighted by atomic mass is 9.93. The van der Waals surface area contributed by atoms with Gasteiger partial charge in [0.2, 0.25) is 5.91 Å². The van der Waals surface area contributed by atoms with Crippen LogP contribution in [0.15, 0.2) is 18.2 Å². The summed E-state index contributed by atoms with van der Waals surface area (Å²) in [4.78, 5) is 18.3. The first-order valence-electron chi connectivity index (χ1n) is 11.3. The molecule has 3 rings (SSSR count). The van der Waals surface area contributed by atoms with Crippen molar-refractivity contribution in [1.82, 2.24) is 9.80 Å². The van der Waals surface area contributed by atoms with E-state index in [1.165, 1.54) is 6.07 Å². The molecule has 2 aliphatic rings. The molecule has 0 saturated carbocycles. The second-order valence-corrected chi connectivity index (χ2v) is 8.56. The zero-order valence-electron chi connectivity index (χ0n) is 18.6. The lowest BCUT2D eigenvalue weighted by molar-refractivity contribution is -0.137. The summed E-state index contributed by atoms with van der Waals surface area (Å²) in [6, 6.07) is 2.75. The van der Waals surface area contributed by atoms with Gasteiger partial charge in [-0.3, -0.25) is 9.69 Å². The molecule has 0 radical (unpaired) electrons. The number of amides is 1. The molecule has 2 aliphatic heterocycles. The second-order valence-electron chi connectivity index (χ2n) is 8.56. The quantitative estimate of drug-likeness (QED) is 0.472. The predicted molar refractivity (Wildman–Crippen MR) is 117 cm³/mol. The Morgan fingerprint density at radius 1 is 1.06 bits per heavy atom. The van der Waals surface area contributed by atoms with Gasteiger partial charge in [0, 0.05) is 57.8 Å². The van der Waals surface area contributed by atoms with Crippen molar-refractivity contribution in [3.05, 3.63) is 29.6 Å². The minimum absolute atomic E-state index is 0.188. The fourth-order valence-electron chi connectivity index (χ4n) is 4.44. The zero-order chi connectivity index (χ0) is 23.1. The van der Waals surface area contributed by atoms with Crippen LogP contribution in [0, 0.1) is 23.6 Å². The molecule has 1 aromatic rings. The number of hydrogen-bond acceptors (Lipinski definition) is 3. The molecule has 0 aromatic heterocycles. The van der Waals surface area contributed by atoms with Gasteiger partial charge in [-0.2, -0.15) is 13.2 Å². The van der Waals surface area contributed by atoms with Crippen molar-refractivity contribution in [1.29, 1.82) is 0 Å². The summed E-state index contributed by atoms with van der Waals surface area (Å²) >= 11 is 0. The summed E-state index contributed by atoms with van der Waals surface area (Å²) in [7, 11) is 0. The van der Waals surface area contributed by atoms with Crippen LogP contribution in [-0.2, 0) is 11.0 Å². The van der Waals surface area contributed by atoms with Crippen molar-refractivity contribution in [2.45, 2.75) is 45.2 Å². The number of likely N-dealkylation sites (tertiary alicyclic amines) is 1. The Hall–Kier alpha value is -2.27. The Morgan fingerprint density at radius 3 is 2.38 bits per heavy atom. The Labute approximate surface area is 187 Å². The van der Waals surface area contributed by atoms with Crippen molar-refractivity contribution in [2.75, 3.05) is 50.7 Å². The SMILES string of the molecule is CC#CCCC(=O)N1CCC(CCN2CCN(c3cc(F)cc(C(F)(F)F)c3)CC2)CC1. The lowest BCUT2D eigenvalue weighted by Gasteiger charge is -2.38. The van der Waals surface area contributed by atoms with Crippen molar-refractivity contribution < 1.29 is 22.4 Å². The lowest BCUT2D eigenvalue weighted by Crippen LogP contribution is -2.47. The first kappa shape index (κ1) is 24.4. The topological polar surface area (TPSA) is 26.8 Å². The third-order valence-corrected chi connectivity index (χ3v) is 6.41. The Balaban J connectivity index is 1.40.